The Morgan fingerprint density at radius 3 is 2.75 bits per heavy atom. The van der Waals surface area contributed by atoms with Gasteiger partial charge in [-0.15, -0.1) is 0 Å². The second-order valence-corrected chi connectivity index (χ2v) is 6.82. The molecule has 0 aromatic carbocycles. The van der Waals surface area contributed by atoms with Crippen LogP contribution in [0, 0.1) is 5.92 Å². The maximum Gasteiger partial charge on any atom is 0.326 e. The molecule has 0 bridgehead atoms. The topological polar surface area (TPSA) is 83.6 Å². The number of hydrogen-bond acceptors (Lipinski definition) is 4. The molecule has 1 heterocycles. The van der Waals surface area contributed by atoms with Crippen LogP contribution < -0.4 is 5.73 Å². The van der Waals surface area contributed by atoms with Crippen molar-refractivity contribution in [2.24, 2.45) is 11.7 Å². The molecule has 1 aliphatic heterocycles. The van der Waals surface area contributed by atoms with Crippen molar-refractivity contribution < 1.29 is 14.7 Å². The van der Waals surface area contributed by atoms with Crippen LogP contribution in [0.2, 0.25) is 0 Å². The average Bonchev–Trinajstić information content (AvgIpc) is 2.83. The number of likely N-dealkylation sites (tertiary alicyclic amines) is 1. The van der Waals surface area contributed by atoms with Crippen LogP contribution in [0.1, 0.15) is 38.5 Å². The highest BCUT2D eigenvalue weighted by molar-refractivity contribution is 7.98. The Morgan fingerprint density at radius 1 is 1.40 bits per heavy atom. The van der Waals surface area contributed by atoms with Gasteiger partial charge in [0.15, 0.2) is 0 Å². The van der Waals surface area contributed by atoms with Crippen molar-refractivity contribution in [2.75, 3.05) is 12.0 Å². The van der Waals surface area contributed by atoms with E-state index in [0.29, 0.717) is 18.8 Å². The van der Waals surface area contributed by atoms with Crippen LogP contribution in [0.3, 0.4) is 0 Å². The van der Waals surface area contributed by atoms with E-state index in [1.807, 2.05) is 6.26 Å². The van der Waals surface area contributed by atoms with Crippen molar-refractivity contribution in [2.45, 2.75) is 56.7 Å². The fourth-order valence-corrected chi connectivity index (χ4v) is 4.05. The summed E-state index contributed by atoms with van der Waals surface area (Å²) in [5, 5.41) is 9.40. The molecule has 1 aliphatic carbocycles. The second kappa shape index (κ2) is 6.80. The number of carboxylic acids is 1. The molecule has 0 aromatic rings. The van der Waals surface area contributed by atoms with Crippen molar-refractivity contribution >= 4 is 23.6 Å². The fraction of sp³-hybridized carbons (Fsp3) is 0.857. The number of carbonyl (C=O) groups is 2. The van der Waals surface area contributed by atoms with Gasteiger partial charge in [-0.3, -0.25) is 4.79 Å². The van der Waals surface area contributed by atoms with Gasteiger partial charge >= 0.3 is 5.97 Å². The summed E-state index contributed by atoms with van der Waals surface area (Å²) in [5.74, 6) is 0.124. The highest BCUT2D eigenvalue weighted by Gasteiger charge is 2.48. The molecular weight excluding hydrogens is 276 g/mol. The van der Waals surface area contributed by atoms with E-state index in [1.165, 1.54) is 0 Å². The smallest absolute Gasteiger partial charge is 0.326 e. The van der Waals surface area contributed by atoms with E-state index in [4.69, 9.17) is 5.73 Å². The molecular formula is C14H24N2O3S. The summed E-state index contributed by atoms with van der Waals surface area (Å²) in [7, 11) is 0. The third-order valence-corrected chi connectivity index (χ3v) is 5.22. The number of rotatable bonds is 5. The van der Waals surface area contributed by atoms with Crippen LogP contribution in [-0.2, 0) is 9.59 Å². The Morgan fingerprint density at radius 2 is 2.10 bits per heavy atom. The minimum atomic E-state index is -0.884. The number of carboxylic acid groups (broad SMARTS) is 1. The normalized spacial score (nSPS) is 30.9. The molecule has 3 unspecified atom stereocenters. The zero-order valence-corrected chi connectivity index (χ0v) is 12.8. The number of nitrogens with zero attached hydrogens (tertiary/aromatic N) is 1. The lowest BCUT2D eigenvalue weighted by Gasteiger charge is -2.34. The van der Waals surface area contributed by atoms with E-state index in [9.17, 15) is 14.7 Å². The van der Waals surface area contributed by atoms with Gasteiger partial charge in [-0.05, 0) is 43.6 Å². The molecule has 0 aromatic heterocycles. The van der Waals surface area contributed by atoms with Gasteiger partial charge in [-0.2, -0.15) is 11.8 Å². The Kier molecular flexibility index (Phi) is 5.32. The Balaban J connectivity index is 2.12. The highest BCUT2D eigenvalue weighted by Crippen LogP contribution is 2.40. The predicted octanol–water partition coefficient (Wildman–Crippen LogP) is 1.31. The Labute approximate surface area is 124 Å². The molecule has 0 radical (unpaired) electrons. The molecule has 2 rings (SSSR count). The van der Waals surface area contributed by atoms with Crippen LogP contribution in [0.4, 0.5) is 0 Å². The minimum absolute atomic E-state index is 0.0951. The summed E-state index contributed by atoms with van der Waals surface area (Å²) in [6.07, 6.45) is 7.38. The lowest BCUT2D eigenvalue weighted by Crippen LogP contribution is -2.52. The van der Waals surface area contributed by atoms with E-state index in [2.05, 4.69) is 0 Å². The third-order valence-electron chi connectivity index (χ3n) is 4.58. The van der Waals surface area contributed by atoms with E-state index < -0.39 is 18.1 Å². The minimum Gasteiger partial charge on any atom is -0.480 e. The van der Waals surface area contributed by atoms with E-state index >= 15 is 0 Å². The standard InChI is InChI=1S/C14H24N2O3S/c1-20-7-6-10(15)13(17)16-11-5-3-2-4-9(11)8-12(16)14(18)19/h9-12H,2-8,15H2,1H3,(H,18,19)/t9?,10-,11?,12?/m0/s1. The van der Waals surface area contributed by atoms with Gasteiger partial charge in [0.05, 0.1) is 6.04 Å². The van der Waals surface area contributed by atoms with Gasteiger partial charge in [-0.1, -0.05) is 12.8 Å². The monoisotopic (exact) mass is 300 g/mol. The van der Waals surface area contributed by atoms with E-state index in [0.717, 1.165) is 31.4 Å². The maximum atomic E-state index is 12.5. The zero-order valence-electron chi connectivity index (χ0n) is 12.0. The molecule has 20 heavy (non-hydrogen) atoms. The molecule has 114 valence electrons. The van der Waals surface area contributed by atoms with Gasteiger partial charge < -0.3 is 15.7 Å². The molecule has 0 spiro atoms. The van der Waals surface area contributed by atoms with Gasteiger partial charge in [0.1, 0.15) is 6.04 Å². The number of amides is 1. The van der Waals surface area contributed by atoms with Crippen molar-refractivity contribution in [3.63, 3.8) is 0 Å². The van der Waals surface area contributed by atoms with Crippen molar-refractivity contribution in [1.82, 2.24) is 4.90 Å². The SMILES string of the molecule is CSCC[C@H](N)C(=O)N1C(C(=O)O)CC2CCCCC21. The molecule has 3 N–H and O–H groups in total. The molecule has 1 amide bonds. The molecule has 4 atom stereocenters. The first-order chi connectivity index (χ1) is 9.56. The molecule has 1 saturated carbocycles. The van der Waals surface area contributed by atoms with Crippen LogP contribution in [-0.4, -0.2) is 52.0 Å². The highest BCUT2D eigenvalue weighted by atomic mass is 32.2. The summed E-state index contributed by atoms with van der Waals surface area (Å²) in [5.41, 5.74) is 5.97. The fourth-order valence-electron chi connectivity index (χ4n) is 3.56. The lowest BCUT2D eigenvalue weighted by molar-refractivity contribution is -0.150. The number of nitrogens with two attached hydrogens (primary N) is 1. The maximum absolute atomic E-state index is 12.5. The van der Waals surface area contributed by atoms with Gasteiger partial charge in [0.2, 0.25) is 5.91 Å². The van der Waals surface area contributed by atoms with Crippen molar-refractivity contribution in [3.05, 3.63) is 0 Å². The quantitative estimate of drug-likeness (QED) is 0.800. The molecule has 2 aliphatic rings. The first-order valence-electron chi connectivity index (χ1n) is 7.35. The summed E-state index contributed by atoms with van der Waals surface area (Å²) in [6.45, 7) is 0. The van der Waals surface area contributed by atoms with Crippen LogP contribution in [0.25, 0.3) is 0 Å². The van der Waals surface area contributed by atoms with Crippen LogP contribution >= 0.6 is 11.8 Å². The first-order valence-corrected chi connectivity index (χ1v) is 8.75. The van der Waals surface area contributed by atoms with E-state index in [1.54, 1.807) is 16.7 Å². The first kappa shape index (κ1) is 15.6. The summed E-state index contributed by atoms with van der Waals surface area (Å²) < 4.78 is 0. The number of fused-ring (bicyclic) bond motifs is 1. The van der Waals surface area contributed by atoms with Crippen LogP contribution in [0.15, 0.2) is 0 Å². The molecule has 2 fully saturated rings. The predicted molar refractivity (Wildman–Crippen MR) is 79.6 cm³/mol. The molecule has 1 saturated heterocycles. The largest absolute Gasteiger partial charge is 0.480 e. The van der Waals surface area contributed by atoms with Crippen molar-refractivity contribution in [3.8, 4) is 0 Å². The number of aliphatic carboxylic acids is 1. The number of thioether (sulfide) groups is 1. The summed E-state index contributed by atoms with van der Waals surface area (Å²) in [6, 6.07) is -1.14. The van der Waals surface area contributed by atoms with Crippen LogP contribution in [0.5, 0.6) is 0 Å². The molecule has 6 heteroatoms. The average molecular weight is 300 g/mol. The van der Waals surface area contributed by atoms with Crippen molar-refractivity contribution in [1.29, 1.82) is 0 Å². The Bertz CT molecular complexity index is 377. The van der Waals surface area contributed by atoms with E-state index in [-0.39, 0.29) is 11.9 Å². The number of carbonyl (C=O) groups excluding carboxylic acids is 1. The number of hydrogen-bond donors (Lipinski definition) is 2. The van der Waals surface area contributed by atoms with Gasteiger partial charge in [0, 0.05) is 6.04 Å². The lowest BCUT2D eigenvalue weighted by atomic mass is 9.84. The van der Waals surface area contributed by atoms with Gasteiger partial charge in [-0.25, -0.2) is 4.79 Å². The Hall–Kier alpha value is -0.750. The summed E-state index contributed by atoms with van der Waals surface area (Å²) in [4.78, 5) is 25.6. The van der Waals surface area contributed by atoms with Gasteiger partial charge in [0.25, 0.3) is 0 Å². The molecule has 5 nitrogen and oxygen atoms in total. The second-order valence-electron chi connectivity index (χ2n) is 5.84. The third kappa shape index (κ3) is 3.11. The zero-order chi connectivity index (χ0) is 14.7. The summed E-state index contributed by atoms with van der Waals surface area (Å²) >= 11 is 1.65.